The third-order valence-electron chi connectivity index (χ3n) is 10.2. The standard InChI is InChI=1S/C49H91O9P/c1-3-5-7-9-11-13-15-17-19-21-23-25-27-29-31-33-35-37-39-41-49(52)58-48(46-57-59(53,54)56-44-47(51)43-50)45-55-42-40-38-36-34-32-30-28-26-24-22-20-18-16-14-12-10-8-6-4-2/h11,13-14,16-17,19-20,22,47-48,50-51H,3-10,12,15,18,21,23-46H2,1-2H3,(H,53,54)/b13-11-,16-14-,19-17-,22-20-. The summed E-state index contributed by atoms with van der Waals surface area (Å²) in [7, 11) is -4.52. The summed E-state index contributed by atoms with van der Waals surface area (Å²) in [5.41, 5.74) is 0. The first-order valence-electron chi connectivity index (χ1n) is 24.1. The second-order valence-electron chi connectivity index (χ2n) is 16.1. The van der Waals surface area contributed by atoms with Gasteiger partial charge in [-0.3, -0.25) is 13.8 Å². The molecule has 0 saturated heterocycles. The van der Waals surface area contributed by atoms with Gasteiger partial charge in [0.05, 0.1) is 26.4 Å². The number of aliphatic hydroxyl groups is 2. The molecular formula is C49H91O9P. The maximum Gasteiger partial charge on any atom is 0.472 e. The Labute approximate surface area is 362 Å². The number of hydrogen-bond donors (Lipinski definition) is 3. The molecule has 0 bridgehead atoms. The van der Waals surface area contributed by atoms with Crippen molar-refractivity contribution in [1.29, 1.82) is 0 Å². The van der Waals surface area contributed by atoms with E-state index in [2.05, 4.69) is 62.5 Å². The lowest BCUT2D eigenvalue weighted by Crippen LogP contribution is -2.29. The first-order chi connectivity index (χ1) is 28.8. The Morgan fingerprint density at radius 3 is 1.39 bits per heavy atom. The highest BCUT2D eigenvalue weighted by Crippen LogP contribution is 2.43. The Kier molecular flexibility index (Phi) is 44.7. The van der Waals surface area contributed by atoms with Crippen molar-refractivity contribution < 1.29 is 43.0 Å². The monoisotopic (exact) mass is 855 g/mol. The molecule has 0 saturated carbocycles. The first-order valence-corrected chi connectivity index (χ1v) is 25.6. The van der Waals surface area contributed by atoms with Gasteiger partial charge in [0.2, 0.25) is 0 Å². The molecule has 0 rings (SSSR count). The molecule has 3 atom stereocenters. The number of phosphoric acid groups is 1. The fourth-order valence-corrected chi connectivity index (χ4v) is 7.32. The van der Waals surface area contributed by atoms with Crippen LogP contribution < -0.4 is 0 Å². The predicted octanol–water partition coefficient (Wildman–Crippen LogP) is 13.8. The summed E-state index contributed by atoms with van der Waals surface area (Å²) < 4.78 is 33.5. The lowest BCUT2D eigenvalue weighted by atomic mass is 10.1. The summed E-state index contributed by atoms with van der Waals surface area (Å²) in [5, 5.41) is 18.4. The second-order valence-corrected chi connectivity index (χ2v) is 17.6. The van der Waals surface area contributed by atoms with E-state index in [0.29, 0.717) is 6.61 Å². The molecule has 59 heavy (non-hydrogen) atoms. The third kappa shape index (κ3) is 45.8. The maximum atomic E-state index is 12.7. The van der Waals surface area contributed by atoms with Crippen molar-refractivity contribution in [1.82, 2.24) is 0 Å². The Hall–Kier alpha value is -1.58. The fraction of sp³-hybridized carbons (Fsp3) is 0.816. The molecule has 0 aliphatic rings. The summed E-state index contributed by atoms with van der Waals surface area (Å²) in [6.45, 7) is 3.48. The number of carbonyl (C=O) groups is 1. The number of carbonyl (C=O) groups excluding carboxylic acids is 1. The zero-order valence-corrected chi connectivity index (χ0v) is 38.9. The summed E-state index contributed by atoms with van der Waals surface area (Å²) in [6, 6.07) is 0. The number of esters is 1. The third-order valence-corrected chi connectivity index (χ3v) is 11.2. The molecule has 0 aliphatic heterocycles. The molecule has 0 fully saturated rings. The van der Waals surface area contributed by atoms with Crippen LogP contribution in [0, 0.1) is 0 Å². The maximum absolute atomic E-state index is 12.7. The Balaban J connectivity index is 4.13. The van der Waals surface area contributed by atoms with E-state index >= 15 is 0 Å². The fourth-order valence-electron chi connectivity index (χ4n) is 6.53. The number of rotatable bonds is 46. The number of phosphoric ester groups is 1. The first kappa shape index (κ1) is 57.4. The van der Waals surface area contributed by atoms with Crippen LogP contribution in [0.25, 0.3) is 0 Å². The molecule has 3 N–H and O–H groups in total. The minimum Gasteiger partial charge on any atom is -0.457 e. The summed E-state index contributed by atoms with van der Waals surface area (Å²) >= 11 is 0. The minimum absolute atomic E-state index is 0.0433. The number of ether oxygens (including phenoxy) is 2. The summed E-state index contributed by atoms with van der Waals surface area (Å²) in [4.78, 5) is 22.7. The van der Waals surface area contributed by atoms with Gasteiger partial charge in [-0.25, -0.2) is 4.57 Å². The highest BCUT2D eigenvalue weighted by Gasteiger charge is 2.26. The largest absolute Gasteiger partial charge is 0.472 e. The zero-order chi connectivity index (χ0) is 43.2. The molecule has 3 unspecified atom stereocenters. The molecule has 9 nitrogen and oxygen atoms in total. The van der Waals surface area contributed by atoms with Gasteiger partial charge in [-0.05, 0) is 77.0 Å². The van der Waals surface area contributed by atoms with Gasteiger partial charge in [-0.1, -0.05) is 178 Å². The molecule has 0 aliphatic carbocycles. The average Bonchev–Trinajstić information content (AvgIpc) is 3.23. The van der Waals surface area contributed by atoms with Gasteiger partial charge < -0.3 is 24.6 Å². The van der Waals surface area contributed by atoms with Crippen molar-refractivity contribution in [3.8, 4) is 0 Å². The molecular weight excluding hydrogens is 764 g/mol. The molecule has 346 valence electrons. The normalized spacial score (nSPS) is 14.3. The molecule has 0 radical (unpaired) electrons. The van der Waals surface area contributed by atoms with Gasteiger partial charge in [0, 0.05) is 13.0 Å². The summed E-state index contributed by atoms with van der Waals surface area (Å²) in [6.07, 6.45) is 52.1. The number of hydrogen-bond acceptors (Lipinski definition) is 8. The van der Waals surface area contributed by atoms with E-state index in [1.54, 1.807) is 0 Å². The van der Waals surface area contributed by atoms with E-state index in [1.807, 2.05) is 0 Å². The van der Waals surface area contributed by atoms with Gasteiger partial charge in [-0.2, -0.15) is 0 Å². The van der Waals surface area contributed by atoms with Crippen LogP contribution in [0.15, 0.2) is 48.6 Å². The average molecular weight is 855 g/mol. The van der Waals surface area contributed by atoms with Gasteiger partial charge in [0.15, 0.2) is 0 Å². The smallest absolute Gasteiger partial charge is 0.457 e. The number of allylic oxidation sites excluding steroid dienone is 8. The van der Waals surface area contributed by atoms with E-state index in [9.17, 15) is 19.4 Å². The quantitative estimate of drug-likeness (QED) is 0.0237. The van der Waals surface area contributed by atoms with Crippen molar-refractivity contribution in [2.75, 3.05) is 33.0 Å². The van der Waals surface area contributed by atoms with Crippen LogP contribution in [-0.2, 0) is 27.9 Å². The van der Waals surface area contributed by atoms with E-state index in [0.717, 1.165) is 70.6 Å². The second kappa shape index (κ2) is 45.9. The van der Waals surface area contributed by atoms with Crippen molar-refractivity contribution in [3.63, 3.8) is 0 Å². The van der Waals surface area contributed by atoms with E-state index in [-0.39, 0.29) is 25.6 Å². The van der Waals surface area contributed by atoms with Crippen molar-refractivity contribution in [2.24, 2.45) is 0 Å². The van der Waals surface area contributed by atoms with Crippen LogP contribution in [0.3, 0.4) is 0 Å². The molecule has 0 aromatic heterocycles. The number of unbranched alkanes of at least 4 members (excludes halogenated alkanes) is 24. The Bertz CT molecular complexity index is 1060. The van der Waals surface area contributed by atoms with Crippen molar-refractivity contribution in [3.05, 3.63) is 48.6 Å². The van der Waals surface area contributed by atoms with E-state index in [1.165, 1.54) is 122 Å². The van der Waals surface area contributed by atoms with Gasteiger partial charge in [-0.15, -0.1) is 0 Å². The molecule has 0 spiro atoms. The van der Waals surface area contributed by atoms with E-state index < -0.39 is 33.2 Å². The predicted molar refractivity (Wildman–Crippen MR) is 247 cm³/mol. The highest BCUT2D eigenvalue weighted by atomic mass is 31.2. The minimum atomic E-state index is -4.52. The number of aliphatic hydroxyl groups excluding tert-OH is 2. The van der Waals surface area contributed by atoms with Crippen molar-refractivity contribution >= 4 is 13.8 Å². The zero-order valence-electron chi connectivity index (χ0n) is 38.0. The van der Waals surface area contributed by atoms with Crippen LogP contribution in [0.1, 0.15) is 213 Å². The molecule has 10 heteroatoms. The van der Waals surface area contributed by atoms with Crippen LogP contribution in [0.2, 0.25) is 0 Å². The van der Waals surface area contributed by atoms with E-state index in [4.69, 9.17) is 23.6 Å². The van der Waals surface area contributed by atoms with Crippen molar-refractivity contribution in [2.45, 2.75) is 225 Å². The highest BCUT2D eigenvalue weighted by molar-refractivity contribution is 7.47. The SMILES string of the molecule is CCCCC/C=C\C/C=C\CCCCCCCCCCCC(=O)OC(COCCCCCCCCCC/C=C\C/C=C\CCCCCC)COP(=O)(O)OCC(O)CO. The van der Waals surface area contributed by atoms with Crippen LogP contribution in [-0.4, -0.2) is 66.3 Å². The molecule has 0 aromatic rings. The lowest BCUT2D eigenvalue weighted by Gasteiger charge is -2.20. The molecule has 0 aromatic carbocycles. The molecule has 0 amide bonds. The van der Waals surface area contributed by atoms with Gasteiger partial charge in [0.25, 0.3) is 0 Å². The topological polar surface area (TPSA) is 132 Å². The van der Waals surface area contributed by atoms with Gasteiger partial charge >= 0.3 is 13.8 Å². The molecule has 0 heterocycles. The Morgan fingerprint density at radius 2 is 0.915 bits per heavy atom. The van der Waals surface area contributed by atoms with Crippen LogP contribution in [0.5, 0.6) is 0 Å². The summed E-state index contributed by atoms with van der Waals surface area (Å²) in [5.74, 6) is -0.389. The Morgan fingerprint density at radius 1 is 0.525 bits per heavy atom. The van der Waals surface area contributed by atoms with Crippen LogP contribution in [0.4, 0.5) is 0 Å². The van der Waals surface area contributed by atoms with Crippen LogP contribution >= 0.6 is 7.82 Å². The van der Waals surface area contributed by atoms with Gasteiger partial charge in [0.1, 0.15) is 12.2 Å². The lowest BCUT2D eigenvalue weighted by molar-refractivity contribution is -0.154.